The highest BCUT2D eigenvalue weighted by molar-refractivity contribution is 9.10. The smallest absolute Gasteiger partial charge is 0.175 e. The van der Waals surface area contributed by atoms with Gasteiger partial charge in [-0.1, -0.05) is 15.9 Å². The molecule has 0 atom stereocenters. The summed E-state index contributed by atoms with van der Waals surface area (Å²) < 4.78 is 11.5. The molecule has 6 heteroatoms. The summed E-state index contributed by atoms with van der Waals surface area (Å²) in [4.78, 5) is 0. The molecule has 0 aliphatic rings. The lowest BCUT2D eigenvalue weighted by Crippen LogP contribution is -2.19. The Kier molecular flexibility index (Phi) is 5.41. The molecular formula is C15H15BrN2O2S. The van der Waals surface area contributed by atoms with Gasteiger partial charge in [0, 0.05) is 34.0 Å². The van der Waals surface area contributed by atoms with Gasteiger partial charge < -0.3 is 20.1 Å². The molecule has 21 heavy (non-hydrogen) atoms. The van der Waals surface area contributed by atoms with Crippen molar-refractivity contribution < 1.29 is 9.47 Å². The van der Waals surface area contributed by atoms with Gasteiger partial charge in [0.15, 0.2) is 5.11 Å². The van der Waals surface area contributed by atoms with Crippen LogP contribution in [0.5, 0.6) is 11.5 Å². The van der Waals surface area contributed by atoms with E-state index in [1.807, 2.05) is 36.4 Å². The van der Waals surface area contributed by atoms with E-state index in [0.717, 1.165) is 15.8 Å². The molecule has 4 nitrogen and oxygen atoms in total. The van der Waals surface area contributed by atoms with Crippen LogP contribution in [0.15, 0.2) is 46.9 Å². The topological polar surface area (TPSA) is 42.5 Å². The molecule has 2 N–H and O–H groups in total. The molecule has 0 radical (unpaired) electrons. The van der Waals surface area contributed by atoms with Crippen LogP contribution in [0.2, 0.25) is 0 Å². The molecule has 0 spiro atoms. The first kappa shape index (κ1) is 15.6. The van der Waals surface area contributed by atoms with Gasteiger partial charge in [0.25, 0.3) is 0 Å². The Morgan fingerprint density at radius 2 is 1.43 bits per heavy atom. The Hall–Kier alpha value is -1.79. The number of anilines is 2. The molecule has 2 rings (SSSR count). The summed E-state index contributed by atoms with van der Waals surface area (Å²) in [7, 11) is 3.22. The fourth-order valence-electron chi connectivity index (χ4n) is 1.71. The number of rotatable bonds is 4. The van der Waals surface area contributed by atoms with Crippen molar-refractivity contribution >= 4 is 44.6 Å². The molecule has 2 aromatic rings. The molecule has 0 aliphatic carbocycles. The number of benzene rings is 2. The van der Waals surface area contributed by atoms with Crippen LogP contribution >= 0.6 is 28.1 Å². The Labute approximate surface area is 137 Å². The zero-order chi connectivity index (χ0) is 15.2. The largest absolute Gasteiger partial charge is 0.497 e. The molecule has 110 valence electrons. The van der Waals surface area contributed by atoms with Crippen LogP contribution in [-0.4, -0.2) is 19.3 Å². The van der Waals surface area contributed by atoms with Gasteiger partial charge in [-0.2, -0.15) is 0 Å². The summed E-state index contributed by atoms with van der Waals surface area (Å²) in [6.07, 6.45) is 0. The zero-order valence-corrected chi connectivity index (χ0v) is 14.0. The van der Waals surface area contributed by atoms with Gasteiger partial charge in [0.05, 0.1) is 14.2 Å². The lowest BCUT2D eigenvalue weighted by molar-refractivity contribution is 0.395. The number of thiocarbonyl (C=S) groups is 1. The summed E-state index contributed by atoms with van der Waals surface area (Å²) in [5.41, 5.74) is 1.70. The number of methoxy groups -OCH3 is 2. The fourth-order valence-corrected chi connectivity index (χ4v) is 2.21. The van der Waals surface area contributed by atoms with Crippen LogP contribution < -0.4 is 20.1 Å². The van der Waals surface area contributed by atoms with Gasteiger partial charge in [-0.25, -0.2) is 0 Å². The number of halogens is 1. The van der Waals surface area contributed by atoms with E-state index in [4.69, 9.17) is 21.7 Å². The maximum Gasteiger partial charge on any atom is 0.175 e. The molecule has 0 unspecified atom stereocenters. The maximum absolute atomic E-state index is 5.29. The Balaban J connectivity index is 2.06. The number of hydrogen-bond acceptors (Lipinski definition) is 3. The predicted molar refractivity (Wildman–Crippen MR) is 93.5 cm³/mol. The minimum Gasteiger partial charge on any atom is -0.497 e. The van der Waals surface area contributed by atoms with E-state index >= 15 is 0 Å². The quantitative estimate of drug-likeness (QED) is 0.790. The third-order valence-corrected chi connectivity index (χ3v) is 3.44. The highest BCUT2D eigenvalue weighted by atomic mass is 79.9. The van der Waals surface area contributed by atoms with Crippen LogP contribution in [-0.2, 0) is 0 Å². The van der Waals surface area contributed by atoms with E-state index < -0.39 is 0 Å². The fraction of sp³-hybridized carbons (Fsp3) is 0.133. The van der Waals surface area contributed by atoms with E-state index in [1.165, 1.54) is 0 Å². The van der Waals surface area contributed by atoms with Crippen LogP contribution in [0.1, 0.15) is 0 Å². The summed E-state index contributed by atoms with van der Waals surface area (Å²) in [5, 5.41) is 6.71. The summed E-state index contributed by atoms with van der Waals surface area (Å²) in [6, 6.07) is 13.3. The predicted octanol–water partition coefficient (Wildman–Crippen LogP) is 4.28. The van der Waals surface area contributed by atoms with Gasteiger partial charge in [0.1, 0.15) is 11.5 Å². The lowest BCUT2D eigenvalue weighted by Gasteiger charge is -2.13. The molecule has 0 amide bonds. The molecule has 0 saturated heterocycles. The summed E-state index contributed by atoms with van der Waals surface area (Å²) in [6.45, 7) is 0. The highest BCUT2D eigenvalue weighted by Crippen LogP contribution is 2.26. The standard InChI is InChI=1S/C15H15BrN2O2S/c1-19-13-7-12(8-14(9-13)20-2)18-15(21)17-11-5-3-10(16)4-6-11/h3-9H,1-2H3,(H2,17,18,21). The molecule has 0 saturated carbocycles. The number of hydrogen-bond donors (Lipinski definition) is 2. The first-order valence-corrected chi connectivity index (χ1v) is 7.37. The highest BCUT2D eigenvalue weighted by Gasteiger charge is 2.04. The normalized spacial score (nSPS) is 9.86. The number of ether oxygens (including phenoxy) is 2. The third kappa shape index (κ3) is 4.61. The maximum atomic E-state index is 5.29. The molecule has 0 aliphatic heterocycles. The third-order valence-electron chi connectivity index (χ3n) is 2.71. The van der Waals surface area contributed by atoms with Crippen LogP contribution in [0.3, 0.4) is 0 Å². The summed E-state index contributed by atoms with van der Waals surface area (Å²) >= 11 is 8.69. The monoisotopic (exact) mass is 366 g/mol. The first-order chi connectivity index (χ1) is 10.1. The molecule has 0 bridgehead atoms. The lowest BCUT2D eigenvalue weighted by atomic mass is 10.3. The van der Waals surface area contributed by atoms with E-state index in [1.54, 1.807) is 20.3 Å². The second-order valence-electron chi connectivity index (χ2n) is 4.19. The molecular weight excluding hydrogens is 352 g/mol. The van der Waals surface area contributed by atoms with E-state index in [-0.39, 0.29) is 0 Å². The Morgan fingerprint density at radius 1 is 0.905 bits per heavy atom. The van der Waals surface area contributed by atoms with E-state index in [0.29, 0.717) is 16.6 Å². The van der Waals surface area contributed by atoms with Gasteiger partial charge >= 0.3 is 0 Å². The van der Waals surface area contributed by atoms with Gasteiger partial charge in [-0.15, -0.1) is 0 Å². The van der Waals surface area contributed by atoms with Crippen molar-refractivity contribution in [1.29, 1.82) is 0 Å². The number of nitrogens with one attached hydrogen (secondary N) is 2. The van der Waals surface area contributed by atoms with Gasteiger partial charge in [-0.3, -0.25) is 0 Å². The molecule has 0 heterocycles. The van der Waals surface area contributed by atoms with Gasteiger partial charge in [0.2, 0.25) is 0 Å². The van der Waals surface area contributed by atoms with E-state index in [2.05, 4.69) is 26.6 Å². The van der Waals surface area contributed by atoms with Crippen molar-refractivity contribution in [3.05, 3.63) is 46.9 Å². The van der Waals surface area contributed by atoms with Crippen molar-refractivity contribution in [2.45, 2.75) is 0 Å². The van der Waals surface area contributed by atoms with Gasteiger partial charge in [-0.05, 0) is 36.5 Å². The Bertz CT molecular complexity index is 610. The second kappa shape index (κ2) is 7.28. The van der Waals surface area contributed by atoms with Crippen molar-refractivity contribution in [3.63, 3.8) is 0 Å². The minimum atomic E-state index is 0.493. The second-order valence-corrected chi connectivity index (χ2v) is 5.51. The first-order valence-electron chi connectivity index (χ1n) is 6.17. The summed E-state index contributed by atoms with van der Waals surface area (Å²) in [5.74, 6) is 1.39. The average molecular weight is 367 g/mol. The van der Waals surface area contributed by atoms with Crippen LogP contribution in [0.4, 0.5) is 11.4 Å². The molecule has 2 aromatic carbocycles. The molecule has 0 fully saturated rings. The zero-order valence-electron chi connectivity index (χ0n) is 11.6. The van der Waals surface area contributed by atoms with Crippen molar-refractivity contribution in [3.8, 4) is 11.5 Å². The minimum absolute atomic E-state index is 0.493. The Morgan fingerprint density at radius 3 is 1.95 bits per heavy atom. The molecule has 0 aromatic heterocycles. The van der Waals surface area contributed by atoms with Crippen molar-refractivity contribution in [2.24, 2.45) is 0 Å². The average Bonchev–Trinajstić information content (AvgIpc) is 2.49. The van der Waals surface area contributed by atoms with Crippen LogP contribution in [0, 0.1) is 0 Å². The van der Waals surface area contributed by atoms with Crippen LogP contribution in [0.25, 0.3) is 0 Å². The van der Waals surface area contributed by atoms with E-state index in [9.17, 15) is 0 Å². The van der Waals surface area contributed by atoms with Crippen molar-refractivity contribution in [2.75, 3.05) is 24.9 Å². The SMILES string of the molecule is COc1cc(NC(=S)Nc2ccc(Br)cc2)cc(OC)c1. The van der Waals surface area contributed by atoms with Crippen molar-refractivity contribution in [1.82, 2.24) is 0 Å².